The molecule has 0 saturated carbocycles. The number of carbonyl (C=O) groups excluding carboxylic acids is 1. The number of H-pyrrole nitrogens is 1. The lowest BCUT2D eigenvalue weighted by molar-refractivity contribution is -0.132. The van der Waals surface area contributed by atoms with E-state index < -0.39 is 6.10 Å². The number of aryl methyl sites for hydroxylation is 1. The molecule has 3 rings (SSSR count). The van der Waals surface area contributed by atoms with E-state index in [-0.39, 0.29) is 11.2 Å². The second-order valence-electron chi connectivity index (χ2n) is 5.57. The van der Waals surface area contributed by atoms with Crippen LogP contribution in [0.25, 0.3) is 0 Å². The monoisotopic (exact) mass is 338 g/mol. The van der Waals surface area contributed by atoms with Crippen molar-refractivity contribution in [3.05, 3.63) is 28.6 Å². The third-order valence-electron chi connectivity index (χ3n) is 3.98. The molecule has 1 amide bonds. The van der Waals surface area contributed by atoms with E-state index in [1.807, 2.05) is 17.7 Å². The van der Waals surface area contributed by atoms with E-state index in [0.29, 0.717) is 50.4 Å². The minimum absolute atomic E-state index is 0.0579. The molecule has 0 spiro atoms. The first kappa shape index (κ1) is 15.9. The number of nitrogens with one attached hydrogen (secondary N) is 1. The van der Waals surface area contributed by atoms with Crippen molar-refractivity contribution >= 4 is 17.5 Å². The third kappa shape index (κ3) is 3.53. The lowest BCUT2D eigenvalue weighted by Gasteiger charge is -2.27. The van der Waals surface area contributed by atoms with Crippen molar-refractivity contribution in [3.8, 4) is 0 Å². The van der Waals surface area contributed by atoms with Crippen LogP contribution in [0, 0.1) is 0 Å². The SMILES string of the molecule is CC[C@H](O)c1cc2n(n1)CCN(C(=O)CCc1nc(Cl)n[nH]1)C2. The lowest BCUT2D eigenvalue weighted by atomic mass is 10.2. The van der Waals surface area contributed by atoms with Gasteiger partial charge in [0.05, 0.1) is 30.6 Å². The molecule has 0 radical (unpaired) electrons. The van der Waals surface area contributed by atoms with E-state index in [0.717, 1.165) is 5.69 Å². The minimum Gasteiger partial charge on any atom is -0.387 e. The molecule has 1 atom stereocenters. The Balaban J connectivity index is 1.60. The molecule has 2 aromatic heterocycles. The maximum atomic E-state index is 12.3. The topological polar surface area (TPSA) is 99.9 Å². The van der Waals surface area contributed by atoms with Crippen LogP contribution in [0.3, 0.4) is 0 Å². The van der Waals surface area contributed by atoms with Gasteiger partial charge in [-0.15, -0.1) is 5.10 Å². The lowest BCUT2D eigenvalue weighted by Crippen LogP contribution is -2.38. The molecule has 1 aliphatic rings. The molecule has 0 unspecified atom stereocenters. The van der Waals surface area contributed by atoms with E-state index in [4.69, 9.17) is 11.6 Å². The molecule has 2 N–H and O–H groups in total. The first-order valence-corrected chi connectivity index (χ1v) is 8.04. The van der Waals surface area contributed by atoms with Gasteiger partial charge in [0, 0.05) is 19.4 Å². The van der Waals surface area contributed by atoms with Crippen molar-refractivity contribution in [1.29, 1.82) is 0 Å². The van der Waals surface area contributed by atoms with Gasteiger partial charge in [-0.25, -0.2) is 4.98 Å². The predicted molar refractivity (Wildman–Crippen MR) is 82.6 cm³/mol. The zero-order valence-electron chi connectivity index (χ0n) is 12.9. The summed E-state index contributed by atoms with van der Waals surface area (Å²) in [6.07, 6.45) is 0.908. The van der Waals surface area contributed by atoms with Crippen molar-refractivity contribution < 1.29 is 9.90 Å². The van der Waals surface area contributed by atoms with Crippen molar-refractivity contribution in [2.24, 2.45) is 0 Å². The van der Waals surface area contributed by atoms with E-state index in [1.165, 1.54) is 0 Å². The average Bonchev–Trinajstić information content (AvgIpc) is 3.16. The summed E-state index contributed by atoms with van der Waals surface area (Å²) in [5, 5.41) is 20.9. The van der Waals surface area contributed by atoms with Crippen molar-refractivity contribution in [1.82, 2.24) is 29.9 Å². The van der Waals surface area contributed by atoms with Gasteiger partial charge in [-0.2, -0.15) is 5.10 Å². The molecule has 23 heavy (non-hydrogen) atoms. The molecule has 9 heteroatoms. The van der Waals surface area contributed by atoms with Crippen molar-refractivity contribution in [3.63, 3.8) is 0 Å². The number of amides is 1. The second-order valence-corrected chi connectivity index (χ2v) is 5.91. The molecule has 1 aliphatic heterocycles. The molecule has 0 aliphatic carbocycles. The van der Waals surface area contributed by atoms with Crippen LogP contribution in [-0.2, 0) is 24.3 Å². The standard InChI is InChI=1S/C14H19ClN6O2/c1-2-11(22)10-7-9-8-20(5-6-21(9)19-10)13(23)4-3-12-16-14(15)18-17-12/h7,11,22H,2-6,8H2,1H3,(H,16,17,18)/t11-/m0/s1. The summed E-state index contributed by atoms with van der Waals surface area (Å²) < 4.78 is 1.87. The summed E-state index contributed by atoms with van der Waals surface area (Å²) in [7, 11) is 0. The maximum absolute atomic E-state index is 12.3. The molecule has 0 saturated heterocycles. The number of nitrogens with zero attached hydrogens (tertiary/aromatic N) is 5. The van der Waals surface area contributed by atoms with Gasteiger partial charge in [-0.3, -0.25) is 14.6 Å². The number of fused-ring (bicyclic) bond motifs is 1. The molecule has 8 nitrogen and oxygen atoms in total. The van der Waals surface area contributed by atoms with Crippen LogP contribution in [0.5, 0.6) is 0 Å². The fourth-order valence-corrected chi connectivity index (χ4v) is 2.79. The quantitative estimate of drug-likeness (QED) is 0.849. The number of rotatable bonds is 5. The largest absolute Gasteiger partial charge is 0.387 e. The van der Waals surface area contributed by atoms with Gasteiger partial charge in [0.1, 0.15) is 5.82 Å². The smallest absolute Gasteiger partial charge is 0.242 e. The summed E-state index contributed by atoms with van der Waals surface area (Å²) in [6, 6.07) is 1.88. The van der Waals surface area contributed by atoms with Gasteiger partial charge in [0.25, 0.3) is 0 Å². The highest BCUT2D eigenvalue weighted by Gasteiger charge is 2.23. The minimum atomic E-state index is -0.548. The Morgan fingerprint density at radius 2 is 2.35 bits per heavy atom. The number of aliphatic hydroxyl groups is 1. The van der Waals surface area contributed by atoms with E-state index in [2.05, 4.69) is 20.3 Å². The summed E-state index contributed by atoms with van der Waals surface area (Å²) in [5.41, 5.74) is 1.63. The normalized spacial score (nSPS) is 15.5. The summed E-state index contributed by atoms with van der Waals surface area (Å²) in [4.78, 5) is 18.1. The summed E-state index contributed by atoms with van der Waals surface area (Å²) in [5.74, 6) is 0.668. The number of halogens is 1. The number of aromatic amines is 1. The second kappa shape index (κ2) is 6.67. The Kier molecular flexibility index (Phi) is 4.63. The Hall–Kier alpha value is -1.93. The zero-order valence-corrected chi connectivity index (χ0v) is 13.6. The predicted octanol–water partition coefficient (Wildman–Crippen LogP) is 1.07. The Bertz CT molecular complexity index is 697. The average molecular weight is 339 g/mol. The highest BCUT2D eigenvalue weighted by molar-refractivity contribution is 6.28. The van der Waals surface area contributed by atoms with Gasteiger partial charge in [-0.05, 0) is 24.1 Å². The van der Waals surface area contributed by atoms with Crippen LogP contribution in [0.1, 0.15) is 43.1 Å². The number of aliphatic hydroxyl groups excluding tert-OH is 1. The fraction of sp³-hybridized carbons (Fsp3) is 0.571. The van der Waals surface area contributed by atoms with Crippen molar-refractivity contribution in [2.75, 3.05) is 6.54 Å². The number of aromatic nitrogens is 5. The fourth-order valence-electron chi connectivity index (χ4n) is 2.64. The number of carbonyl (C=O) groups is 1. The third-order valence-corrected chi connectivity index (χ3v) is 4.15. The highest BCUT2D eigenvalue weighted by Crippen LogP contribution is 2.20. The summed E-state index contributed by atoms with van der Waals surface area (Å²) in [6.45, 7) is 3.69. The van der Waals surface area contributed by atoms with E-state index in [9.17, 15) is 9.90 Å². The van der Waals surface area contributed by atoms with Crippen LogP contribution < -0.4 is 0 Å². The Morgan fingerprint density at radius 1 is 1.52 bits per heavy atom. The number of hydrogen-bond donors (Lipinski definition) is 2. The van der Waals surface area contributed by atoms with E-state index >= 15 is 0 Å². The maximum Gasteiger partial charge on any atom is 0.242 e. The van der Waals surface area contributed by atoms with Gasteiger partial charge in [0.15, 0.2) is 0 Å². The molecular formula is C14H19ClN6O2. The molecular weight excluding hydrogens is 320 g/mol. The molecule has 0 aromatic carbocycles. The highest BCUT2D eigenvalue weighted by atomic mass is 35.5. The molecule has 0 bridgehead atoms. The first-order chi connectivity index (χ1) is 11.1. The van der Waals surface area contributed by atoms with Crippen molar-refractivity contribution in [2.45, 2.75) is 45.4 Å². The molecule has 0 fully saturated rings. The zero-order chi connectivity index (χ0) is 16.4. The van der Waals surface area contributed by atoms with Crippen LogP contribution in [0.2, 0.25) is 5.28 Å². The van der Waals surface area contributed by atoms with Crippen LogP contribution in [0.15, 0.2) is 6.07 Å². The number of hydrogen-bond acceptors (Lipinski definition) is 5. The van der Waals surface area contributed by atoms with Crippen LogP contribution in [0.4, 0.5) is 0 Å². The Labute approximate surface area is 138 Å². The molecule has 2 aromatic rings. The van der Waals surface area contributed by atoms with Gasteiger partial charge >= 0.3 is 0 Å². The van der Waals surface area contributed by atoms with Gasteiger partial charge in [0.2, 0.25) is 11.2 Å². The van der Waals surface area contributed by atoms with Crippen LogP contribution >= 0.6 is 11.6 Å². The van der Waals surface area contributed by atoms with Gasteiger partial charge < -0.3 is 10.0 Å². The first-order valence-electron chi connectivity index (χ1n) is 7.66. The van der Waals surface area contributed by atoms with Crippen LogP contribution in [-0.4, -0.2) is 47.4 Å². The molecule has 124 valence electrons. The summed E-state index contributed by atoms with van der Waals surface area (Å²) >= 11 is 5.64. The Morgan fingerprint density at radius 3 is 3.04 bits per heavy atom. The van der Waals surface area contributed by atoms with Gasteiger partial charge in [-0.1, -0.05) is 6.92 Å². The van der Waals surface area contributed by atoms with E-state index in [1.54, 1.807) is 4.90 Å². The molecule has 3 heterocycles.